The predicted octanol–water partition coefficient (Wildman–Crippen LogP) is 3.04. The van der Waals surface area contributed by atoms with E-state index in [-0.39, 0.29) is 11.6 Å². The zero-order valence-electron chi connectivity index (χ0n) is 13.2. The fourth-order valence-corrected chi connectivity index (χ4v) is 2.15. The second kappa shape index (κ2) is 7.32. The van der Waals surface area contributed by atoms with E-state index in [0.29, 0.717) is 12.4 Å². The summed E-state index contributed by atoms with van der Waals surface area (Å²) < 4.78 is 0. The average Bonchev–Trinajstić information content (AvgIpc) is 2.61. The molecule has 0 radical (unpaired) electrons. The van der Waals surface area contributed by atoms with E-state index in [1.54, 1.807) is 18.6 Å². The maximum atomic E-state index is 12.2. The highest BCUT2D eigenvalue weighted by Gasteiger charge is 2.08. The van der Waals surface area contributed by atoms with Crippen LogP contribution in [0.4, 0.5) is 11.5 Å². The summed E-state index contributed by atoms with van der Waals surface area (Å²) >= 11 is 0. The molecule has 6 heteroatoms. The number of rotatable bonds is 5. The van der Waals surface area contributed by atoms with E-state index in [1.165, 1.54) is 6.20 Å². The molecule has 2 aromatic heterocycles. The van der Waals surface area contributed by atoms with Gasteiger partial charge >= 0.3 is 0 Å². The van der Waals surface area contributed by atoms with Crippen LogP contribution >= 0.6 is 0 Å². The minimum atomic E-state index is -0.285. The van der Waals surface area contributed by atoms with Crippen molar-refractivity contribution in [2.45, 2.75) is 13.5 Å². The number of hydrogen-bond acceptors (Lipinski definition) is 5. The summed E-state index contributed by atoms with van der Waals surface area (Å²) in [6, 6.07) is 11.4. The summed E-state index contributed by atoms with van der Waals surface area (Å²) in [5, 5.41) is 5.95. The molecular weight excluding hydrogens is 302 g/mol. The van der Waals surface area contributed by atoms with Crippen LogP contribution in [-0.2, 0) is 6.54 Å². The highest BCUT2D eigenvalue weighted by atomic mass is 16.1. The summed E-state index contributed by atoms with van der Waals surface area (Å²) in [6.45, 7) is 2.57. The topological polar surface area (TPSA) is 79.8 Å². The number of carbonyl (C=O) groups excluding carboxylic acids is 1. The molecule has 0 saturated heterocycles. The van der Waals surface area contributed by atoms with Crippen LogP contribution < -0.4 is 10.6 Å². The lowest BCUT2D eigenvalue weighted by atomic mass is 10.2. The van der Waals surface area contributed by atoms with Crippen LogP contribution in [-0.4, -0.2) is 20.9 Å². The zero-order chi connectivity index (χ0) is 16.8. The quantitative estimate of drug-likeness (QED) is 0.755. The largest absolute Gasteiger partial charge is 0.365 e. The third kappa shape index (κ3) is 4.13. The minimum Gasteiger partial charge on any atom is -0.365 e. The van der Waals surface area contributed by atoms with Gasteiger partial charge in [0, 0.05) is 24.6 Å². The molecule has 120 valence electrons. The number of pyridine rings is 1. The number of amides is 1. The monoisotopic (exact) mass is 319 g/mol. The minimum absolute atomic E-state index is 0.267. The first kappa shape index (κ1) is 15.6. The van der Waals surface area contributed by atoms with Crippen molar-refractivity contribution in [3.8, 4) is 0 Å². The van der Waals surface area contributed by atoms with Gasteiger partial charge in [0.2, 0.25) is 0 Å². The molecule has 1 amide bonds. The molecule has 0 spiro atoms. The Bertz CT molecular complexity index is 818. The molecule has 6 nitrogen and oxygen atoms in total. The summed E-state index contributed by atoms with van der Waals surface area (Å²) in [6.07, 6.45) is 6.51. The van der Waals surface area contributed by atoms with Gasteiger partial charge in [0.05, 0.1) is 12.4 Å². The summed E-state index contributed by atoms with van der Waals surface area (Å²) in [7, 11) is 0. The van der Waals surface area contributed by atoms with Crippen molar-refractivity contribution < 1.29 is 4.79 Å². The molecule has 24 heavy (non-hydrogen) atoms. The van der Waals surface area contributed by atoms with Crippen molar-refractivity contribution in [3.63, 3.8) is 0 Å². The number of benzene rings is 1. The molecule has 3 rings (SSSR count). The first-order chi connectivity index (χ1) is 11.7. The molecular formula is C18H17N5O. The summed E-state index contributed by atoms with van der Waals surface area (Å²) in [5.74, 6) is 0.317. The van der Waals surface area contributed by atoms with Crippen molar-refractivity contribution in [2.75, 3.05) is 10.6 Å². The zero-order valence-corrected chi connectivity index (χ0v) is 13.2. The average molecular weight is 319 g/mol. The van der Waals surface area contributed by atoms with E-state index in [2.05, 4.69) is 25.6 Å². The van der Waals surface area contributed by atoms with Gasteiger partial charge in [0.25, 0.3) is 5.91 Å². The number of nitrogens with zero attached hydrogens (tertiary/aromatic N) is 3. The van der Waals surface area contributed by atoms with Crippen LogP contribution in [0.15, 0.2) is 61.2 Å². The van der Waals surface area contributed by atoms with Gasteiger partial charge in [-0.1, -0.05) is 18.2 Å². The highest BCUT2D eigenvalue weighted by Crippen LogP contribution is 2.11. The van der Waals surface area contributed by atoms with Gasteiger partial charge in [-0.2, -0.15) is 0 Å². The van der Waals surface area contributed by atoms with E-state index in [0.717, 1.165) is 16.8 Å². The Morgan fingerprint density at radius 2 is 2.00 bits per heavy atom. The Balaban J connectivity index is 1.60. The molecule has 0 fully saturated rings. The Morgan fingerprint density at radius 1 is 1.08 bits per heavy atom. The van der Waals surface area contributed by atoms with Crippen molar-refractivity contribution in [1.82, 2.24) is 15.0 Å². The maximum absolute atomic E-state index is 12.2. The van der Waals surface area contributed by atoms with Crippen molar-refractivity contribution in [2.24, 2.45) is 0 Å². The van der Waals surface area contributed by atoms with Crippen LogP contribution in [0.1, 0.15) is 21.6 Å². The third-order valence-electron chi connectivity index (χ3n) is 3.36. The molecule has 2 heterocycles. The van der Waals surface area contributed by atoms with Gasteiger partial charge in [-0.05, 0) is 36.2 Å². The summed E-state index contributed by atoms with van der Waals surface area (Å²) in [5.41, 5.74) is 3.12. The van der Waals surface area contributed by atoms with Crippen LogP contribution in [0.25, 0.3) is 0 Å². The Hall–Kier alpha value is -3.28. The van der Waals surface area contributed by atoms with Crippen LogP contribution in [0.5, 0.6) is 0 Å². The van der Waals surface area contributed by atoms with Gasteiger partial charge in [0.15, 0.2) is 0 Å². The number of hydrogen-bond donors (Lipinski definition) is 2. The lowest BCUT2D eigenvalue weighted by molar-refractivity contribution is 0.102. The van der Waals surface area contributed by atoms with E-state index >= 15 is 0 Å². The fraction of sp³-hybridized carbons (Fsp3) is 0.111. The Labute approximate surface area is 140 Å². The number of aromatic nitrogens is 3. The third-order valence-corrected chi connectivity index (χ3v) is 3.36. The number of carbonyl (C=O) groups is 1. The molecule has 0 aliphatic heterocycles. The van der Waals surface area contributed by atoms with Crippen molar-refractivity contribution in [1.29, 1.82) is 0 Å². The second-order valence-electron chi connectivity index (χ2n) is 5.33. The van der Waals surface area contributed by atoms with Crippen LogP contribution in [0.3, 0.4) is 0 Å². The number of aryl methyl sites for hydroxylation is 1. The normalized spacial score (nSPS) is 10.2. The maximum Gasteiger partial charge on any atom is 0.275 e. The lowest BCUT2D eigenvalue weighted by Crippen LogP contribution is -2.14. The molecule has 0 aliphatic carbocycles. The molecule has 0 atom stereocenters. The van der Waals surface area contributed by atoms with Gasteiger partial charge in [0.1, 0.15) is 11.5 Å². The molecule has 0 bridgehead atoms. The first-order valence-electron chi connectivity index (χ1n) is 7.53. The fourth-order valence-electron chi connectivity index (χ4n) is 2.15. The van der Waals surface area contributed by atoms with E-state index < -0.39 is 0 Å². The van der Waals surface area contributed by atoms with Gasteiger partial charge < -0.3 is 10.6 Å². The molecule has 1 aromatic carbocycles. The number of anilines is 2. The van der Waals surface area contributed by atoms with Gasteiger partial charge in [-0.3, -0.25) is 9.78 Å². The predicted molar refractivity (Wildman–Crippen MR) is 92.7 cm³/mol. The highest BCUT2D eigenvalue weighted by molar-refractivity contribution is 6.02. The summed E-state index contributed by atoms with van der Waals surface area (Å²) in [4.78, 5) is 24.6. The van der Waals surface area contributed by atoms with Gasteiger partial charge in [-0.15, -0.1) is 0 Å². The SMILES string of the molecule is Cc1cccc(NC(=O)c2cnc(NCc3cccnc3)cn2)c1. The Morgan fingerprint density at radius 3 is 2.71 bits per heavy atom. The number of nitrogens with one attached hydrogen (secondary N) is 2. The molecule has 2 N–H and O–H groups in total. The smallest absolute Gasteiger partial charge is 0.275 e. The molecule has 0 saturated carbocycles. The van der Waals surface area contributed by atoms with Crippen LogP contribution in [0, 0.1) is 6.92 Å². The molecule has 3 aromatic rings. The lowest BCUT2D eigenvalue weighted by Gasteiger charge is -2.07. The molecule has 0 aliphatic rings. The molecule has 0 unspecified atom stereocenters. The standard InChI is InChI=1S/C18H17N5O/c1-13-4-2-6-15(8-13)23-18(24)16-11-22-17(12-20-16)21-10-14-5-3-7-19-9-14/h2-9,11-12H,10H2,1H3,(H,21,22)(H,23,24). The van der Waals surface area contributed by atoms with E-state index in [4.69, 9.17) is 0 Å². The van der Waals surface area contributed by atoms with E-state index in [1.807, 2.05) is 43.3 Å². The van der Waals surface area contributed by atoms with Gasteiger partial charge in [-0.25, -0.2) is 9.97 Å². The second-order valence-corrected chi connectivity index (χ2v) is 5.33. The van der Waals surface area contributed by atoms with Crippen molar-refractivity contribution >= 4 is 17.4 Å². The van der Waals surface area contributed by atoms with E-state index in [9.17, 15) is 4.79 Å². The first-order valence-corrected chi connectivity index (χ1v) is 7.53. The Kier molecular flexibility index (Phi) is 4.76. The van der Waals surface area contributed by atoms with Crippen molar-refractivity contribution in [3.05, 3.63) is 78.0 Å². The van der Waals surface area contributed by atoms with Crippen LogP contribution in [0.2, 0.25) is 0 Å².